The number of alkyl halides is 4. The zero-order valence-electron chi connectivity index (χ0n) is 19.1. The number of carbonyl (C=O) groups excluding carboxylic acids is 2. The summed E-state index contributed by atoms with van der Waals surface area (Å²) in [4.78, 5) is 25.2. The Morgan fingerprint density at radius 1 is 1.03 bits per heavy atom. The van der Waals surface area contributed by atoms with Gasteiger partial charge in [-0.05, 0) is 54.0 Å². The van der Waals surface area contributed by atoms with E-state index < -0.39 is 30.1 Å². The van der Waals surface area contributed by atoms with E-state index in [1.807, 2.05) is 13.8 Å². The van der Waals surface area contributed by atoms with Gasteiger partial charge in [0.25, 0.3) is 11.8 Å². The van der Waals surface area contributed by atoms with Gasteiger partial charge in [-0.25, -0.2) is 0 Å². The van der Waals surface area contributed by atoms with Gasteiger partial charge in [0.05, 0.1) is 13.2 Å². The van der Waals surface area contributed by atoms with Crippen LogP contribution in [0.5, 0.6) is 11.5 Å². The van der Waals surface area contributed by atoms with E-state index >= 15 is 0 Å². The Morgan fingerprint density at radius 2 is 1.63 bits per heavy atom. The average Bonchev–Trinajstić information content (AvgIpc) is 2.81. The number of aliphatic hydroxyl groups excluding tert-OH is 1. The van der Waals surface area contributed by atoms with Crippen LogP contribution < -0.4 is 20.1 Å². The Hall–Kier alpha value is -3.60. The molecule has 190 valence electrons. The summed E-state index contributed by atoms with van der Waals surface area (Å²) >= 11 is 0. The van der Waals surface area contributed by atoms with Crippen LogP contribution in [-0.2, 0) is 4.79 Å². The molecule has 0 aliphatic carbocycles. The number of hydrogen-bond acceptors (Lipinski definition) is 5. The Bertz CT molecular complexity index is 1010. The lowest BCUT2D eigenvalue weighted by Crippen LogP contribution is -2.36. The summed E-state index contributed by atoms with van der Waals surface area (Å²) in [6, 6.07) is 10.8. The number of rotatable bonds is 12. The maximum atomic E-state index is 13.1. The molecule has 35 heavy (non-hydrogen) atoms. The zero-order chi connectivity index (χ0) is 26.0. The highest BCUT2D eigenvalue weighted by atomic mass is 19.3. The number of aliphatic hydroxyl groups is 1. The first-order chi connectivity index (χ1) is 16.5. The summed E-state index contributed by atoms with van der Waals surface area (Å²) in [7, 11) is 0. The van der Waals surface area contributed by atoms with Gasteiger partial charge in [-0.2, -0.15) is 17.6 Å². The number of hydrogen-bond donors (Lipinski definition) is 3. The molecule has 0 unspecified atom stereocenters. The van der Waals surface area contributed by atoms with Gasteiger partial charge < -0.3 is 25.2 Å². The number of nitrogens with one attached hydrogen (secondary N) is 2. The molecule has 0 bridgehead atoms. The smallest absolute Gasteiger partial charge is 0.461 e. The minimum atomic E-state index is -4.66. The van der Waals surface area contributed by atoms with E-state index in [0.29, 0.717) is 18.3 Å². The number of ether oxygens (including phenoxy) is 2. The van der Waals surface area contributed by atoms with Crippen LogP contribution >= 0.6 is 0 Å². The van der Waals surface area contributed by atoms with Crippen molar-refractivity contribution in [3.63, 3.8) is 0 Å². The fourth-order valence-electron chi connectivity index (χ4n) is 2.58. The second-order valence-corrected chi connectivity index (χ2v) is 7.75. The van der Waals surface area contributed by atoms with Crippen LogP contribution in [0.3, 0.4) is 0 Å². The molecule has 7 nitrogen and oxygen atoms in total. The van der Waals surface area contributed by atoms with Gasteiger partial charge >= 0.3 is 12.5 Å². The summed E-state index contributed by atoms with van der Waals surface area (Å²) in [5, 5.41) is 13.8. The number of halogens is 4. The largest absolute Gasteiger partial charge is 0.493 e. The van der Waals surface area contributed by atoms with Crippen molar-refractivity contribution < 1.29 is 41.7 Å². The summed E-state index contributed by atoms with van der Waals surface area (Å²) < 4.78 is 60.3. The third-order valence-corrected chi connectivity index (χ3v) is 4.29. The van der Waals surface area contributed by atoms with Crippen LogP contribution in [0.4, 0.5) is 17.6 Å². The molecule has 11 heteroatoms. The molecular weight excluding hydrogens is 472 g/mol. The highest BCUT2D eigenvalue weighted by molar-refractivity contribution is 6.05. The van der Waals surface area contributed by atoms with Crippen molar-refractivity contribution in [3.8, 4) is 11.5 Å². The fourth-order valence-corrected chi connectivity index (χ4v) is 2.58. The molecule has 0 saturated heterocycles. The van der Waals surface area contributed by atoms with E-state index in [4.69, 9.17) is 9.84 Å². The van der Waals surface area contributed by atoms with Gasteiger partial charge in [-0.15, -0.1) is 0 Å². The van der Waals surface area contributed by atoms with E-state index in [1.165, 1.54) is 30.3 Å². The highest BCUT2D eigenvalue weighted by Crippen LogP contribution is 2.27. The molecule has 0 atom stereocenters. The van der Waals surface area contributed by atoms with Crippen molar-refractivity contribution in [2.45, 2.75) is 26.4 Å². The molecule has 0 aliphatic heterocycles. The van der Waals surface area contributed by atoms with E-state index in [2.05, 4.69) is 15.4 Å². The van der Waals surface area contributed by atoms with Crippen LogP contribution in [0.2, 0.25) is 0 Å². The number of carbonyl (C=O) groups is 2. The van der Waals surface area contributed by atoms with E-state index in [0.717, 1.165) is 12.1 Å². The first kappa shape index (κ1) is 27.6. The van der Waals surface area contributed by atoms with Gasteiger partial charge in [-0.1, -0.05) is 26.0 Å². The first-order valence-electron chi connectivity index (χ1n) is 10.6. The van der Waals surface area contributed by atoms with Gasteiger partial charge in [0.2, 0.25) is 0 Å². The molecule has 2 aromatic carbocycles. The minimum absolute atomic E-state index is 0.0799. The van der Waals surface area contributed by atoms with Crippen molar-refractivity contribution >= 4 is 17.9 Å². The third-order valence-electron chi connectivity index (χ3n) is 4.29. The Balaban J connectivity index is 2.19. The van der Waals surface area contributed by atoms with Crippen LogP contribution in [-0.4, -0.2) is 49.2 Å². The summed E-state index contributed by atoms with van der Waals surface area (Å²) in [6.07, 6.45) is -7.41. The molecule has 2 rings (SSSR count). The zero-order valence-corrected chi connectivity index (χ0v) is 19.1. The number of benzene rings is 2. The summed E-state index contributed by atoms with van der Waals surface area (Å²) in [5.41, 5.74) is 0.320. The Kier molecular flexibility index (Phi) is 10.1. The lowest BCUT2D eigenvalue weighted by molar-refractivity contribution is -0.253. The highest BCUT2D eigenvalue weighted by Gasteiger charge is 2.43. The Labute approximate surface area is 199 Å². The second-order valence-electron chi connectivity index (χ2n) is 7.75. The maximum absolute atomic E-state index is 13.1. The van der Waals surface area contributed by atoms with Gasteiger partial charge in [0.1, 0.15) is 17.2 Å². The number of amides is 2. The first-order valence-corrected chi connectivity index (χ1v) is 10.6. The fraction of sp³-hybridized carbons (Fsp3) is 0.333. The SMILES string of the molecule is CC(C)COc1ccc(C(=O)N/C(=C/c2ccc(OC(F)(F)C(F)F)cc2)C(=O)NCCO)cc1. The van der Waals surface area contributed by atoms with Gasteiger partial charge in [0.15, 0.2) is 0 Å². The van der Waals surface area contributed by atoms with Crippen molar-refractivity contribution in [2.75, 3.05) is 19.8 Å². The van der Waals surface area contributed by atoms with Gasteiger partial charge in [0, 0.05) is 12.1 Å². The predicted octanol–water partition coefficient (Wildman–Crippen LogP) is 3.84. The van der Waals surface area contributed by atoms with Crippen molar-refractivity contribution in [1.82, 2.24) is 10.6 Å². The molecule has 2 amide bonds. The molecule has 0 aliphatic rings. The molecule has 0 saturated carbocycles. The molecule has 0 radical (unpaired) electrons. The monoisotopic (exact) mass is 498 g/mol. The maximum Gasteiger partial charge on any atom is 0.461 e. The standard InChI is InChI=1S/C24H26F4N2O5/c1-15(2)14-34-18-9-5-17(6-10-18)21(32)30-20(22(33)29-11-12-31)13-16-3-7-19(8-4-16)35-24(27,28)23(25)26/h3-10,13,15,23,31H,11-12,14H2,1-2H3,(H,29,33)(H,30,32)/b20-13+. The Morgan fingerprint density at radius 3 is 2.17 bits per heavy atom. The topological polar surface area (TPSA) is 96.9 Å². The molecule has 0 fully saturated rings. The average molecular weight is 498 g/mol. The molecule has 0 heterocycles. The van der Waals surface area contributed by atoms with E-state index in [1.54, 1.807) is 12.1 Å². The molecule has 0 spiro atoms. The van der Waals surface area contributed by atoms with Crippen molar-refractivity contribution in [1.29, 1.82) is 0 Å². The van der Waals surface area contributed by atoms with Crippen LogP contribution in [0, 0.1) is 5.92 Å². The summed E-state index contributed by atoms with van der Waals surface area (Å²) in [6.45, 7) is 4.08. The molecule has 2 aromatic rings. The lowest BCUT2D eigenvalue weighted by Gasteiger charge is -2.16. The molecular formula is C24H26F4N2O5. The van der Waals surface area contributed by atoms with E-state index in [-0.39, 0.29) is 30.0 Å². The molecule has 0 aromatic heterocycles. The molecule has 3 N–H and O–H groups in total. The van der Waals surface area contributed by atoms with Crippen molar-refractivity contribution in [2.24, 2.45) is 5.92 Å². The summed E-state index contributed by atoms with van der Waals surface area (Å²) in [5.74, 6) is -0.935. The van der Waals surface area contributed by atoms with Crippen LogP contribution in [0.15, 0.2) is 54.2 Å². The minimum Gasteiger partial charge on any atom is -0.493 e. The van der Waals surface area contributed by atoms with E-state index in [9.17, 15) is 27.2 Å². The van der Waals surface area contributed by atoms with Gasteiger partial charge in [-0.3, -0.25) is 9.59 Å². The lowest BCUT2D eigenvalue weighted by atomic mass is 10.1. The van der Waals surface area contributed by atoms with Crippen molar-refractivity contribution in [3.05, 3.63) is 65.4 Å². The second kappa shape index (κ2) is 12.7. The van der Waals surface area contributed by atoms with Crippen LogP contribution in [0.25, 0.3) is 6.08 Å². The normalized spacial score (nSPS) is 12.0. The quantitative estimate of drug-likeness (QED) is 0.305. The van der Waals surface area contributed by atoms with Crippen LogP contribution in [0.1, 0.15) is 29.8 Å². The predicted molar refractivity (Wildman–Crippen MR) is 120 cm³/mol. The third kappa shape index (κ3) is 8.93.